The van der Waals surface area contributed by atoms with E-state index in [1.165, 1.54) is 14.0 Å². The number of hydrogen-bond acceptors (Lipinski definition) is 7. The van der Waals surface area contributed by atoms with Crippen LogP contribution in [-0.2, 0) is 41.8 Å². The summed E-state index contributed by atoms with van der Waals surface area (Å²) >= 11 is 0. The largest absolute Gasteiger partial charge is 0.488 e. The number of rotatable bonds is 11. The fourth-order valence-electron chi connectivity index (χ4n) is 6.86. The van der Waals surface area contributed by atoms with Crippen LogP contribution in [0.4, 0.5) is 26.3 Å². The highest BCUT2D eigenvalue weighted by atomic mass is 19.4. The molecule has 9 nitrogen and oxygen atoms in total. The summed E-state index contributed by atoms with van der Waals surface area (Å²) in [6.07, 6.45) is -16.3. The van der Waals surface area contributed by atoms with Crippen molar-refractivity contribution in [3.8, 4) is 5.75 Å². The van der Waals surface area contributed by atoms with Crippen LogP contribution >= 0.6 is 0 Å². The predicted octanol–water partition coefficient (Wildman–Crippen LogP) is 6.65. The zero-order valence-corrected chi connectivity index (χ0v) is 29.3. The number of methoxy groups -OCH3 is 1. The number of halogens is 6. The molecule has 2 fully saturated rings. The molecule has 286 valence electrons. The van der Waals surface area contributed by atoms with Crippen LogP contribution in [0.15, 0.2) is 66.7 Å². The molecule has 53 heavy (non-hydrogen) atoms. The number of alkyl halides is 6. The highest BCUT2D eigenvalue weighted by Crippen LogP contribution is 2.44. The summed E-state index contributed by atoms with van der Waals surface area (Å²) in [5, 5.41) is 4.20. The summed E-state index contributed by atoms with van der Waals surface area (Å²) < 4.78 is 111. The van der Waals surface area contributed by atoms with E-state index in [-0.39, 0.29) is 31.8 Å². The Balaban J connectivity index is 1.42. The van der Waals surface area contributed by atoms with Gasteiger partial charge in [0.1, 0.15) is 12.2 Å². The predicted molar refractivity (Wildman–Crippen MR) is 177 cm³/mol. The second kappa shape index (κ2) is 16.3. The minimum atomic E-state index is -5.18. The Hall–Kier alpha value is -4.36. The van der Waals surface area contributed by atoms with Gasteiger partial charge in [-0.1, -0.05) is 66.7 Å². The third kappa shape index (κ3) is 9.80. The van der Waals surface area contributed by atoms with Crippen LogP contribution < -0.4 is 15.4 Å². The van der Waals surface area contributed by atoms with E-state index in [0.717, 1.165) is 11.1 Å². The number of nitrogens with one attached hydrogen (secondary N) is 2. The summed E-state index contributed by atoms with van der Waals surface area (Å²) in [5.74, 6) is -4.15. The van der Waals surface area contributed by atoms with Gasteiger partial charge < -0.3 is 34.3 Å². The Labute approximate surface area is 303 Å². The van der Waals surface area contributed by atoms with Gasteiger partial charge in [0.2, 0.25) is 0 Å². The van der Waals surface area contributed by atoms with Crippen molar-refractivity contribution in [1.82, 2.24) is 10.6 Å². The van der Waals surface area contributed by atoms with Gasteiger partial charge in [0.05, 0.1) is 56.3 Å². The van der Waals surface area contributed by atoms with Gasteiger partial charge in [-0.2, -0.15) is 26.3 Å². The first-order valence-corrected chi connectivity index (χ1v) is 16.9. The van der Waals surface area contributed by atoms with E-state index >= 15 is 0 Å². The summed E-state index contributed by atoms with van der Waals surface area (Å²) in [5.41, 5.74) is 0.528. The van der Waals surface area contributed by atoms with Crippen molar-refractivity contribution in [2.45, 2.75) is 107 Å². The lowest BCUT2D eigenvalue weighted by Gasteiger charge is -2.48. The molecule has 0 saturated carbocycles. The monoisotopic (exact) mass is 750 g/mol. The van der Waals surface area contributed by atoms with Crippen molar-refractivity contribution < 1.29 is 59.6 Å². The number of carbonyl (C=O) groups is 2. The third-order valence-corrected chi connectivity index (χ3v) is 9.33. The third-order valence-electron chi connectivity index (χ3n) is 9.33. The molecule has 2 aliphatic heterocycles. The van der Waals surface area contributed by atoms with E-state index < -0.39 is 72.4 Å². The van der Waals surface area contributed by atoms with E-state index in [0.29, 0.717) is 11.1 Å². The number of amides is 2. The lowest BCUT2D eigenvalue weighted by Crippen LogP contribution is -2.64. The topological polar surface area (TPSA) is 104 Å². The number of ether oxygens (including phenoxy) is 5. The van der Waals surface area contributed by atoms with E-state index in [4.69, 9.17) is 23.7 Å². The molecule has 2 unspecified atom stereocenters. The standard InChI is InChI=1S/C38H40F6N2O7/c1-22-32(50-20-24-11-7-5-8-12-24)28(45-34(47)37(39,40)41)18-30(52-22)26-15-16-29(49-4)27(17-26)31-19-36(3,46-35(48)38(42,43)44)33(23(2)53-31)51-21-25-13-9-6-10-14-25/h5-14,17,22-23,28,30-33H,18-21H2,1-4H3,(H,45,47)(H,46,48)/t22?,23?,28-,30-,31+,32-,33-,36-/m1/s1. The zero-order chi connectivity index (χ0) is 38.6. The van der Waals surface area contributed by atoms with Crippen LogP contribution in [0.1, 0.15) is 68.1 Å². The number of benzene rings is 2. The molecule has 15 heteroatoms. The van der Waals surface area contributed by atoms with Gasteiger partial charge in [-0.25, -0.2) is 0 Å². The summed E-state index contributed by atoms with van der Waals surface area (Å²) in [6, 6.07) is 24.1. The minimum absolute atomic E-state index is 0.0300. The molecule has 2 N–H and O–H groups in total. The molecular weight excluding hydrogens is 710 g/mol. The summed E-state index contributed by atoms with van der Waals surface area (Å²) in [7, 11) is 1.35. The first kappa shape index (κ1) is 39.8. The Morgan fingerprint density at radius 2 is 1.40 bits per heavy atom. The fourth-order valence-corrected chi connectivity index (χ4v) is 6.86. The highest BCUT2D eigenvalue weighted by Gasteiger charge is 2.52. The molecule has 3 aromatic rings. The normalized spacial score (nSPS) is 27.7. The summed E-state index contributed by atoms with van der Waals surface area (Å²) in [4.78, 5) is 24.5. The molecule has 0 aromatic heterocycles. The van der Waals surface area contributed by atoms with E-state index in [1.807, 2.05) is 0 Å². The van der Waals surface area contributed by atoms with Gasteiger partial charge >= 0.3 is 24.2 Å². The molecule has 0 radical (unpaired) electrons. The van der Waals surface area contributed by atoms with Crippen LogP contribution in [-0.4, -0.2) is 67.3 Å². The van der Waals surface area contributed by atoms with E-state index in [2.05, 4.69) is 22.8 Å². The van der Waals surface area contributed by atoms with Crippen molar-refractivity contribution >= 4 is 11.8 Å². The Bertz CT molecular complexity index is 1690. The maximum absolute atomic E-state index is 13.6. The Kier molecular flexibility index (Phi) is 12.3. The molecule has 2 amide bonds. The summed E-state index contributed by atoms with van der Waals surface area (Å²) in [6.45, 7) is 4.74. The Morgan fingerprint density at radius 1 is 0.830 bits per heavy atom. The van der Waals surface area contributed by atoms with Crippen LogP contribution in [0.25, 0.3) is 0 Å². The minimum Gasteiger partial charge on any atom is -0.488 e. The van der Waals surface area contributed by atoms with Crippen LogP contribution in [0.3, 0.4) is 0 Å². The molecule has 5 rings (SSSR count). The maximum Gasteiger partial charge on any atom is 0.471 e. The van der Waals surface area contributed by atoms with E-state index in [9.17, 15) is 35.9 Å². The molecule has 3 aromatic carbocycles. The molecule has 2 heterocycles. The van der Waals surface area contributed by atoms with Gasteiger partial charge in [-0.3, -0.25) is 9.59 Å². The molecule has 2 aliphatic rings. The van der Waals surface area contributed by atoms with Gasteiger partial charge in [-0.05, 0) is 44.0 Å². The van der Waals surface area contributed by atoms with Crippen LogP contribution in [0, 0.1) is 12.1 Å². The second-order valence-electron chi connectivity index (χ2n) is 13.4. The lowest BCUT2D eigenvalue weighted by atomic mass is 9.80. The number of carbonyl (C=O) groups excluding carboxylic acids is 2. The van der Waals surface area contributed by atoms with Crippen molar-refractivity contribution in [3.63, 3.8) is 0 Å². The smallest absolute Gasteiger partial charge is 0.471 e. The Morgan fingerprint density at radius 3 is 1.96 bits per heavy atom. The van der Waals surface area contributed by atoms with E-state index in [1.54, 1.807) is 80.6 Å². The lowest BCUT2D eigenvalue weighted by molar-refractivity contribution is -0.196. The molecule has 8 atom stereocenters. The average molecular weight is 751 g/mol. The SMILES string of the molecule is COc1c#cc([C@H]2C[C@@H](NC(=O)C(F)(F)F)[C@H](OCc3ccccc3)C(C)O2)cc1[C@@H]1C[C@@](C)(NC(=O)C(F)(F)F)[C@H](OCc2ccccc2)C(C)O1. The molecular formula is C38H40F6N2O7. The fraction of sp³-hybridized carbons (Fsp3) is 0.474. The number of hydrogen-bond donors (Lipinski definition) is 2. The van der Waals surface area contributed by atoms with Crippen molar-refractivity contribution in [1.29, 1.82) is 0 Å². The average Bonchev–Trinajstić information content (AvgIpc) is 3.10. The highest BCUT2D eigenvalue weighted by molar-refractivity contribution is 5.82. The van der Waals surface area contributed by atoms with Crippen molar-refractivity contribution in [2.24, 2.45) is 0 Å². The van der Waals surface area contributed by atoms with Crippen molar-refractivity contribution in [3.05, 3.63) is 101 Å². The molecule has 0 spiro atoms. The first-order valence-electron chi connectivity index (χ1n) is 16.9. The van der Waals surface area contributed by atoms with Gasteiger partial charge in [0.25, 0.3) is 0 Å². The molecule has 0 aliphatic carbocycles. The molecule has 0 bridgehead atoms. The quantitative estimate of drug-likeness (QED) is 0.212. The van der Waals surface area contributed by atoms with Gasteiger partial charge in [0, 0.05) is 24.0 Å². The zero-order valence-electron chi connectivity index (χ0n) is 29.3. The van der Waals surface area contributed by atoms with Crippen LogP contribution in [0.5, 0.6) is 5.75 Å². The second-order valence-corrected chi connectivity index (χ2v) is 13.4. The van der Waals surface area contributed by atoms with Gasteiger partial charge in [0.15, 0.2) is 5.75 Å². The first-order chi connectivity index (χ1) is 25.0. The van der Waals surface area contributed by atoms with Gasteiger partial charge in [-0.15, -0.1) is 0 Å². The maximum atomic E-state index is 13.6. The van der Waals surface area contributed by atoms with Crippen molar-refractivity contribution in [2.75, 3.05) is 7.11 Å². The van der Waals surface area contributed by atoms with Crippen LogP contribution in [0.2, 0.25) is 0 Å². The molecule has 2 saturated heterocycles.